The Morgan fingerprint density at radius 1 is 1.15 bits per heavy atom. The first-order valence-electron chi connectivity index (χ1n) is 8.46. The molecule has 0 fully saturated rings. The Bertz CT molecular complexity index is 663. The lowest BCUT2D eigenvalue weighted by atomic mass is 10.1. The number of urea groups is 1. The van der Waals surface area contributed by atoms with Crippen LogP contribution in [0.5, 0.6) is 5.75 Å². The summed E-state index contributed by atoms with van der Waals surface area (Å²) in [6.07, 6.45) is -1.73. The molecular weight excluding hydrogens is 356 g/mol. The number of ether oxygens (including phenoxy) is 1. The van der Waals surface area contributed by atoms with Crippen LogP contribution in [0.1, 0.15) is 19.4 Å². The van der Waals surface area contributed by atoms with Crippen molar-refractivity contribution in [2.45, 2.75) is 32.4 Å². The number of rotatable bonds is 10. The average molecular weight is 382 g/mol. The third-order valence-corrected chi connectivity index (χ3v) is 3.72. The maximum Gasteiger partial charge on any atom is 0.334 e. The van der Waals surface area contributed by atoms with E-state index in [4.69, 9.17) is 9.84 Å². The number of hydrogen-bond acceptors (Lipinski definition) is 5. The first-order valence-corrected chi connectivity index (χ1v) is 8.46. The SMILES string of the molecule is COc1cccc(C[C@H](NC(=O)N(CC(C)C)CC(O)C(=O)O)C(=O)O)c1. The molecule has 9 nitrogen and oxygen atoms in total. The molecule has 1 unspecified atom stereocenters. The summed E-state index contributed by atoms with van der Waals surface area (Å²) < 4.78 is 5.10. The van der Waals surface area contributed by atoms with Gasteiger partial charge in [0.25, 0.3) is 0 Å². The minimum Gasteiger partial charge on any atom is -0.497 e. The Hall–Kier alpha value is -2.81. The van der Waals surface area contributed by atoms with Gasteiger partial charge in [-0.15, -0.1) is 0 Å². The fraction of sp³-hybridized carbons (Fsp3) is 0.500. The average Bonchev–Trinajstić information content (AvgIpc) is 2.59. The highest BCUT2D eigenvalue weighted by molar-refractivity contribution is 5.83. The van der Waals surface area contributed by atoms with E-state index in [9.17, 15) is 24.6 Å². The zero-order valence-electron chi connectivity index (χ0n) is 15.6. The molecule has 0 heterocycles. The smallest absolute Gasteiger partial charge is 0.334 e. The van der Waals surface area contributed by atoms with Gasteiger partial charge in [-0.25, -0.2) is 14.4 Å². The van der Waals surface area contributed by atoms with Crippen LogP contribution in [0.25, 0.3) is 0 Å². The maximum absolute atomic E-state index is 12.5. The second-order valence-corrected chi connectivity index (χ2v) is 6.55. The number of carbonyl (C=O) groups excluding carboxylic acids is 1. The summed E-state index contributed by atoms with van der Waals surface area (Å²) in [4.78, 5) is 36.0. The highest BCUT2D eigenvalue weighted by Crippen LogP contribution is 2.14. The summed E-state index contributed by atoms with van der Waals surface area (Å²) in [5, 5.41) is 30.2. The van der Waals surface area contributed by atoms with Crippen LogP contribution in [0.2, 0.25) is 0 Å². The summed E-state index contributed by atoms with van der Waals surface area (Å²) in [6, 6.07) is 4.84. The van der Waals surface area contributed by atoms with Crippen LogP contribution in [0.15, 0.2) is 24.3 Å². The molecule has 1 rings (SSSR count). The van der Waals surface area contributed by atoms with Crippen LogP contribution in [-0.2, 0) is 16.0 Å². The number of benzene rings is 1. The van der Waals surface area contributed by atoms with Crippen molar-refractivity contribution in [1.29, 1.82) is 0 Å². The van der Waals surface area contributed by atoms with E-state index in [1.54, 1.807) is 24.3 Å². The molecule has 0 aliphatic rings. The number of carboxylic acids is 2. The fourth-order valence-corrected chi connectivity index (χ4v) is 2.44. The minimum absolute atomic E-state index is 0.00147. The van der Waals surface area contributed by atoms with Crippen LogP contribution >= 0.6 is 0 Å². The molecule has 0 aliphatic heterocycles. The van der Waals surface area contributed by atoms with Gasteiger partial charge in [0.2, 0.25) is 0 Å². The first-order chi connectivity index (χ1) is 12.6. The molecule has 0 spiro atoms. The van der Waals surface area contributed by atoms with E-state index >= 15 is 0 Å². The van der Waals surface area contributed by atoms with Gasteiger partial charge in [-0.3, -0.25) is 0 Å². The van der Waals surface area contributed by atoms with Gasteiger partial charge in [-0.2, -0.15) is 0 Å². The van der Waals surface area contributed by atoms with Crippen molar-refractivity contribution in [3.8, 4) is 5.75 Å². The van der Waals surface area contributed by atoms with E-state index in [1.165, 1.54) is 7.11 Å². The number of aliphatic carboxylic acids is 2. The number of aliphatic hydroxyl groups is 1. The third-order valence-electron chi connectivity index (χ3n) is 3.72. The Balaban J connectivity index is 2.89. The second-order valence-electron chi connectivity index (χ2n) is 6.55. The number of nitrogens with zero attached hydrogens (tertiary/aromatic N) is 1. The zero-order chi connectivity index (χ0) is 20.6. The predicted molar refractivity (Wildman–Crippen MR) is 96.7 cm³/mol. The molecule has 9 heteroatoms. The third kappa shape index (κ3) is 7.53. The molecule has 2 atom stereocenters. The van der Waals surface area contributed by atoms with Gasteiger partial charge in [-0.1, -0.05) is 26.0 Å². The van der Waals surface area contributed by atoms with E-state index in [1.807, 2.05) is 13.8 Å². The summed E-state index contributed by atoms with van der Waals surface area (Å²) in [7, 11) is 1.49. The molecule has 2 amide bonds. The number of amides is 2. The standard InChI is InChI=1S/C18H26N2O7/c1-11(2)9-20(10-15(21)17(24)25)18(26)19-14(16(22)23)8-12-5-4-6-13(7-12)27-3/h4-7,11,14-15,21H,8-10H2,1-3H3,(H,19,26)(H,22,23)(H,24,25)/t14-,15?/m0/s1. The maximum atomic E-state index is 12.5. The van der Waals surface area contributed by atoms with Crippen molar-refractivity contribution in [3.05, 3.63) is 29.8 Å². The normalized spacial score (nSPS) is 12.9. The van der Waals surface area contributed by atoms with E-state index < -0.39 is 36.7 Å². The van der Waals surface area contributed by atoms with E-state index in [0.29, 0.717) is 11.3 Å². The molecule has 0 radical (unpaired) electrons. The Morgan fingerprint density at radius 2 is 1.81 bits per heavy atom. The van der Waals surface area contributed by atoms with Gasteiger partial charge >= 0.3 is 18.0 Å². The molecule has 1 aromatic carbocycles. The lowest BCUT2D eigenvalue weighted by Crippen LogP contribution is -2.52. The van der Waals surface area contributed by atoms with Crippen molar-refractivity contribution in [2.24, 2.45) is 5.92 Å². The lowest BCUT2D eigenvalue weighted by molar-refractivity contribution is -0.147. The highest BCUT2D eigenvalue weighted by atomic mass is 16.5. The number of aliphatic hydroxyl groups excluding tert-OH is 1. The summed E-state index contributed by atoms with van der Waals surface area (Å²) in [5.74, 6) is -2.12. The summed E-state index contributed by atoms with van der Waals surface area (Å²) in [5.41, 5.74) is 0.656. The number of carboxylic acid groups (broad SMARTS) is 2. The Kier molecular flexibility index (Phi) is 8.53. The van der Waals surface area contributed by atoms with E-state index in [2.05, 4.69) is 5.32 Å². The Labute approximate surface area is 157 Å². The minimum atomic E-state index is -1.75. The predicted octanol–water partition coefficient (Wildman–Crippen LogP) is 0.804. The lowest BCUT2D eigenvalue weighted by Gasteiger charge is -2.27. The molecule has 27 heavy (non-hydrogen) atoms. The molecule has 0 aliphatic carbocycles. The fourth-order valence-electron chi connectivity index (χ4n) is 2.44. The molecular formula is C18H26N2O7. The van der Waals surface area contributed by atoms with Gasteiger partial charge in [0, 0.05) is 13.0 Å². The van der Waals surface area contributed by atoms with Crippen LogP contribution in [-0.4, -0.2) is 70.5 Å². The van der Waals surface area contributed by atoms with Gasteiger partial charge in [-0.05, 0) is 23.6 Å². The summed E-state index contributed by atoms with van der Waals surface area (Å²) in [6.45, 7) is 3.36. The highest BCUT2D eigenvalue weighted by Gasteiger charge is 2.27. The van der Waals surface area contributed by atoms with E-state index in [0.717, 1.165) is 4.90 Å². The molecule has 4 N–H and O–H groups in total. The number of nitrogens with one attached hydrogen (secondary N) is 1. The Morgan fingerprint density at radius 3 is 2.33 bits per heavy atom. The van der Waals surface area contributed by atoms with Crippen molar-refractivity contribution >= 4 is 18.0 Å². The van der Waals surface area contributed by atoms with Crippen LogP contribution in [0.3, 0.4) is 0 Å². The van der Waals surface area contributed by atoms with Crippen LogP contribution < -0.4 is 10.1 Å². The largest absolute Gasteiger partial charge is 0.497 e. The molecule has 0 bridgehead atoms. The van der Waals surface area contributed by atoms with Crippen molar-refractivity contribution in [3.63, 3.8) is 0 Å². The number of hydrogen-bond donors (Lipinski definition) is 4. The van der Waals surface area contributed by atoms with Crippen LogP contribution in [0, 0.1) is 5.92 Å². The molecule has 0 saturated heterocycles. The van der Waals surface area contributed by atoms with Gasteiger partial charge in [0.1, 0.15) is 11.8 Å². The number of carbonyl (C=O) groups is 3. The van der Waals surface area contributed by atoms with Gasteiger partial charge in [0.05, 0.1) is 13.7 Å². The zero-order valence-corrected chi connectivity index (χ0v) is 15.6. The molecule has 1 aromatic rings. The van der Waals surface area contributed by atoms with Crippen molar-refractivity contribution in [2.75, 3.05) is 20.2 Å². The quantitative estimate of drug-likeness (QED) is 0.470. The molecule has 0 aromatic heterocycles. The van der Waals surface area contributed by atoms with Gasteiger partial charge < -0.3 is 30.3 Å². The van der Waals surface area contributed by atoms with Crippen molar-refractivity contribution < 1.29 is 34.4 Å². The monoisotopic (exact) mass is 382 g/mol. The second kappa shape index (κ2) is 10.4. The molecule has 0 saturated carbocycles. The summed E-state index contributed by atoms with van der Waals surface area (Å²) >= 11 is 0. The van der Waals surface area contributed by atoms with E-state index in [-0.39, 0.29) is 18.9 Å². The van der Waals surface area contributed by atoms with Crippen molar-refractivity contribution in [1.82, 2.24) is 10.2 Å². The van der Waals surface area contributed by atoms with Gasteiger partial charge in [0.15, 0.2) is 6.10 Å². The topological polar surface area (TPSA) is 136 Å². The number of methoxy groups -OCH3 is 1. The molecule has 150 valence electrons. The first kappa shape index (κ1) is 22.2. The van der Waals surface area contributed by atoms with Crippen LogP contribution in [0.4, 0.5) is 4.79 Å².